The molecule has 26 heavy (non-hydrogen) atoms. The van der Waals surface area contributed by atoms with Crippen molar-refractivity contribution in [2.45, 2.75) is 6.54 Å². The molecule has 0 saturated heterocycles. The van der Waals surface area contributed by atoms with Gasteiger partial charge in [-0.2, -0.15) is 10.5 Å². The van der Waals surface area contributed by atoms with Crippen molar-refractivity contribution < 1.29 is 9.53 Å². The summed E-state index contributed by atoms with van der Waals surface area (Å²) in [5.74, 6) is -0.375. The minimum atomic E-state index is -0.375. The molecule has 0 N–H and O–H groups in total. The van der Waals surface area contributed by atoms with Crippen LogP contribution in [0.4, 0.5) is 0 Å². The standard InChI is InChI=1S/C21H15N3O2/c1-26-21(25)17-6-4-5-15(9-17)13-24-14-18(10-16(11-22)12-23)19-7-2-3-8-20(19)24/h2-10,14H,13H2,1H3. The number of nitriles is 2. The van der Waals surface area contributed by atoms with E-state index in [-0.39, 0.29) is 11.5 Å². The van der Waals surface area contributed by atoms with E-state index in [1.165, 1.54) is 7.11 Å². The lowest BCUT2D eigenvalue weighted by molar-refractivity contribution is 0.0600. The minimum absolute atomic E-state index is 0.0561. The third-order valence-corrected chi connectivity index (χ3v) is 4.06. The van der Waals surface area contributed by atoms with Gasteiger partial charge in [-0.1, -0.05) is 30.3 Å². The molecule has 1 heterocycles. The number of fused-ring (bicyclic) bond motifs is 1. The number of benzene rings is 2. The Kier molecular flexibility index (Phi) is 4.83. The zero-order valence-electron chi connectivity index (χ0n) is 14.1. The summed E-state index contributed by atoms with van der Waals surface area (Å²) in [5, 5.41) is 19.0. The smallest absolute Gasteiger partial charge is 0.337 e. The van der Waals surface area contributed by atoms with Gasteiger partial charge in [-0.05, 0) is 29.8 Å². The van der Waals surface area contributed by atoms with Crippen molar-refractivity contribution in [3.05, 3.63) is 77.0 Å². The van der Waals surface area contributed by atoms with Gasteiger partial charge in [-0.25, -0.2) is 4.79 Å². The summed E-state index contributed by atoms with van der Waals surface area (Å²) in [6.07, 6.45) is 3.49. The first-order valence-electron chi connectivity index (χ1n) is 7.93. The number of methoxy groups -OCH3 is 1. The van der Waals surface area contributed by atoms with Crippen molar-refractivity contribution in [2.75, 3.05) is 7.11 Å². The highest BCUT2D eigenvalue weighted by molar-refractivity contribution is 5.91. The number of nitrogens with zero attached hydrogens (tertiary/aromatic N) is 3. The maximum atomic E-state index is 11.7. The van der Waals surface area contributed by atoms with Crippen LogP contribution in [0.3, 0.4) is 0 Å². The lowest BCUT2D eigenvalue weighted by Gasteiger charge is -2.07. The molecule has 0 atom stereocenters. The van der Waals surface area contributed by atoms with Crippen molar-refractivity contribution in [1.29, 1.82) is 10.5 Å². The minimum Gasteiger partial charge on any atom is -0.465 e. The number of aromatic nitrogens is 1. The number of carbonyl (C=O) groups is 1. The Morgan fingerprint density at radius 2 is 1.92 bits per heavy atom. The van der Waals surface area contributed by atoms with Crippen LogP contribution in [-0.2, 0) is 11.3 Å². The number of hydrogen-bond acceptors (Lipinski definition) is 4. The molecule has 0 aliphatic rings. The molecule has 0 spiro atoms. The highest BCUT2D eigenvalue weighted by Gasteiger charge is 2.10. The van der Waals surface area contributed by atoms with Crippen LogP contribution >= 0.6 is 0 Å². The van der Waals surface area contributed by atoms with E-state index < -0.39 is 0 Å². The van der Waals surface area contributed by atoms with Crippen molar-refractivity contribution in [2.24, 2.45) is 0 Å². The summed E-state index contributed by atoms with van der Waals surface area (Å²) in [5.41, 5.74) is 3.30. The van der Waals surface area contributed by atoms with Crippen LogP contribution in [0.15, 0.2) is 60.3 Å². The van der Waals surface area contributed by atoms with Gasteiger partial charge in [0.25, 0.3) is 0 Å². The first kappa shape index (κ1) is 17.0. The van der Waals surface area contributed by atoms with E-state index >= 15 is 0 Å². The molecule has 0 bridgehead atoms. The fraction of sp³-hybridized carbons (Fsp3) is 0.0952. The molecule has 0 amide bonds. The molecule has 0 aliphatic heterocycles. The second-order valence-electron chi connectivity index (χ2n) is 5.70. The van der Waals surface area contributed by atoms with E-state index in [9.17, 15) is 4.79 Å². The highest BCUT2D eigenvalue weighted by atomic mass is 16.5. The van der Waals surface area contributed by atoms with Crippen molar-refractivity contribution in [3.8, 4) is 12.1 Å². The second kappa shape index (κ2) is 7.38. The molecule has 0 aliphatic carbocycles. The van der Waals surface area contributed by atoms with E-state index in [4.69, 9.17) is 15.3 Å². The van der Waals surface area contributed by atoms with Gasteiger partial charge in [0, 0.05) is 29.2 Å². The predicted molar refractivity (Wildman–Crippen MR) is 98.0 cm³/mol. The summed E-state index contributed by atoms with van der Waals surface area (Å²) in [7, 11) is 1.36. The van der Waals surface area contributed by atoms with Gasteiger partial charge in [0.1, 0.15) is 17.7 Å². The SMILES string of the molecule is COC(=O)c1cccc(Cn2cc(C=C(C#N)C#N)c3ccccc32)c1. The molecule has 126 valence electrons. The first-order chi connectivity index (χ1) is 12.7. The van der Waals surface area contributed by atoms with Gasteiger partial charge in [-0.15, -0.1) is 0 Å². The van der Waals surface area contributed by atoms with Crippen LogP contribution in [0, 0.1) is 22.7 Å². The first-order valence-corrected chi connectivity index (χ1v) is 7.93. The van der Waals surface area contributed by atoms with Gasteiger partial charge in [0.15, 0.2) is 0 Å². The second-order valence-corrected chi connectivity index (χ2v) is 5.70. The fourth-order valence-corrected chi connectivity index (χ4v) is 2.88. The number of ether oxygens (including phenoxy) is 1. The summed E-state index contributed by atoms with van der Waals surface area (Å²) in [6, 6.07) is 18.8. The van der Waals surface area contributed by atoms with E-state index in [0.717, 1.165) is 22.0 Å². The molecule has 0 fully saturated rings. The third kappa shape index (κ3) is 3.33. The Labute approximate surface area is 151 Å². The van der Waals surface area contributed by atoms with E-state index in [0.29, 0.717) is 12.1 Å². The lowest BCUT2D eigenvalue weighted by Crippen LogP contribution is -2.03. The quantitative estimate of drug-likeness (QED) is 0.532. The summed E-state index contributed by atoms with van der Waals surface area (Å²) >= 11 is 0. The average Bonchev–Trinajstić information content (AvgIpc) is 3.03. The van der Waals surface area contributed by atoms with E-state index in [1.54, 1.807) is 18.2 Å². The molecular formula is C21H15N3O2. The molecule has 1 aromatic heterocycles. The molecule has 0 saturated carbocycles. The number of para-hydroxylation sites is 1. The number of allylic oxidation sites excluding steroid dienone is 1. The number of carbonyl (C=O) groups excluding carboxylic acids is 1. The summed E-state index contributed by atoms with van der Waals surface area (Å²) < 4.78 is 6.80. The largest absolute Gasteiger partial charge is 0.465 e. The molecule has 2 aromatic carbocycles. The Balaban J connectivity index is 2.05. The van der Waals surface area contributed by atoms with Crippen molar-refractivity contribution in [1.82, 2.24) is 4.57 Å². The maximum absolute atomic E-state index is 11.7. The van der Waals surface area contributed by atoms with Gasteiger partial charge < -0.3 is 9.30 Å². The molecule has 0 radical (unpaired) electrons. The van der Waals surface area contributed by atoms with Gasteiger partial charge in [0.05, 0.1) is 12.7 Å². The Morgan fingerprint density at radius 3 is 2.65 bits per heavy atom. The highest BCUT2D eigenvalue weighted by Crippen LogP contribution is 2.24. The van der Waals surface area contributed by atoms with Gasteiger partial charge >= 0.3 is 5.97 Å². The topological polar surface area (TPSA) is 78.8 Å². The molecule has 3 aromatic rings. The van der Waals surface area contributed by atoms with Gasteiger partial charge in [0.2, 0.25) is 0 Å². The molecule has 5 nitrogen and oxygen atoms in total. The number of esters is 1. The number of rotatable bonds is 4. The third-order valence-electron chi connectivity index (χ3n) is 4.06. The van der Waals surface area contributed by atoms with Crippen LogP contribution in [-0.4, -0.2) is 17.6 Å². The van der Waals surface area contributed by atoms with Crippen LogP contribution < -0.4 is 0 Å². The van der Waals surface area contributed by atoms with Crippen LogP contribution in [0.2, 0.25) is 0 Å². The zero-order chi connectivity index (χ0) is 18.5. The Morgan fingerprint density at radius 1 is 1.15 bits per heavy atom. The molecular weight excluding hydrogens is 326 g/mol. The Bertz CT molecular complexity index is 1080. The average molecular weight is 341 g/mol. The van der Waals surface area contributed by atoms with Crippen LogP contribution in [0.1, 0.15) is 21.5 Å². The fourth-order valence-electron chi connectivity index (χ4n) is 2.88. The van der Waals surface area contributed by atoms with Crippen molar-refractivity contribution >= 4 is 22.9 Å². The molecule has 0 unspecified atom stereocenters. The zero-order valence-corrected chi connectivity index (χ0v) is 14.1. The molecule has 3 rings (SSSR count). The predicted octanol–water partition coefficient (Wildman–Crippen LogP) is 3.91. The maximum Gasteiger partial charge on any atom is 0.337 e. The summed E-state index contributed by atoms with van der Waals surface area (Å²) in [6.45, 7) is 0.549. The van der Waals surface area contributed by atoms with Crippen LogP contribution in [0.25, 0.3) is 17.0 Å². The lowest BCUT2D eigenvalue weighted by atomic mass is 10.1. The van der Waals surface area contributed by atoms with E-state index in [2.05, 4.69) is 0 Å². The molecule has 5 heteroatoms. The van der Waals surface area contributed by atoms with Crippen LogP contribution in [0.5, 0.6) is 0 Å². The number of hydrogen-bond donors (Lipinski definition) is 0. The van der Waals surface area contributed by atoms with E-state index in [1.807, 2.05) is 59.3 Å². The monoisotopic (exact) mass is 341 g/mol. The Hall–Kier alpha value is -3.83. The van der Waals surface area contributed by atoms with Crippen molar-refractivity contribution in [3.63, 3.8) is 0 Å². The summed E-state index contributed by atoms with van der Waals surface area (Å²) in [4.78, 5) is 11.7. The van der Waals surface area contributed by atoms with Gasteiger partial charge in [-0.3, -0.25) is 0 Å². The normalized spacial score (nSPS) is 9.96.